The fourth-order valence-corrected chi connectivity index (χ4v) is 11.0. The summed E-state index contributed by atoms with van der Waals surface area (Å²) in [5, 5.41) is 4.98. The maximum atomic E-state index is 6.96. The van der Waals surface area contributed by atoms with Gasteiger partial charge in [-0.2, -0.15) is 0 Å². The summed E-state index contributed by atoms with van der Waals surface area (Å²) in [6.45, 7) is 23.5. The maximum absolute atomic E-state index is 6.96. The number of nitrogens with zero attached hydrogens (tertiary/aromatic N) is 1. The number of hydrogen-bond donors (Lipinski definition) is 0. The van der Waals surface area contributed by atoms with E-state index in [0.717, 1.165) is 22.5 Å². The number of benzene rings is 8. The van der Waals surface area contributed by atoms with Crippen LogP contribution in [-0.4, -0.2) is 0 Å². The number of anilines is 3. The Hall–Kier alpha value is -6.38. The predicted molar refractivity (Wildman–Crippen MR) is 264 cm³/mol. The van der Waals surface area contributed by atoms with Crippen molar-refractivity contribution < 1.29 is 4.42 Å². The number of hydrogen-bond acceptors (Lipinski definition) is 2. The molecule has 2 aliphatic rings. The van der Waals surface area contributed by atoms with Gasteiger partial charge in [0.25, 0.3) is 0 Å². The molecule has 9 aromatic rings. The van der Waals surface area contributed by atoms with Crippen LogP contribution in [-0.2, 0) is 21.7 Å². The Morgan fingerprint density at radius 1 is 0.484 bits per heavy atom. The zero-order chi connectivity index (χ0) is 43.1. The molecule has 0 saturated carbocycles. The Labute approximate surface area is 366 Å². The van der Waals surface area contributed by atoms with Crippen LogP contribution in [0.4, 0.5) is 17.1 Å². The number of fused-ring (bicyclic) bond motifs is 11. The van der Waals surface area contributed by atoms with Crippen LogP contribution in [0.25, 0.3) is 66.1 Å². The average Bonchev–Trinajstić information content (AvgIpc) is 3.82. The molecular formula is C60H55NO. The van der Waals surface area contributed by atoms with Crippen LogP contribution in [0.3, 0.4) is 0 Å². The van der Waals surface area contributed by atoms with Crippen molar-refractivity contribution >= 4 is 49.8 Å². The van der Waals surface area contributed by atoms with Crippen LogP contribution >= 0.6 is 0 Å². The van der Waals surface area contributed by atoms with Crippen LogP contribution in [0.2, 0.25) is 0 Å². The van der Waals surface area contributed by atoms with Gasteiger partial charge in [0.1, 0.15) is 11.2 Å². The molecule has 0 spiro atoms. The number of furan rings is 1. The number of rotatable bonds is 4. The minimum absolute atomic E-state index is 0.0170. The molecule has 1 aromatic heterocycles. The lowest BCUT2D eigenvalue weighted by atomic mass is 9.77. The zero-order valence-corrected chi connectivity index (χ0v) is 37.8. The average molecular weight is 806 g/mol. The summed E-state index contributed by atoms with van der Waals surface area (Å²) in [5.41, 5.74) is 20.6. The molecule has 2 heteroatoms. The maximum Gasteiger partial charge on any atom is 0.139 e. The van der Waals surface area contributed by atoms with Gasteiger partial charge < -0.3 is 9.32 Å². The molecule has 0 radical (unpaired) electrons. The van der Waals surface area contributed by atoms with Gasteiger partial charge in [0.15, 0.2) is 0 Å². The summed E-state index contributed by atoms with van der Waals surface area (Å²) in [5.74, 6) is 0. The Balaban J connectivity index is 1.16. The molecule has 0 atom stereocenters. The molecule has 1 heterocycles. The van der Waals surface area contributed by atoms with Gasteiger partial charge in [0, 0.05) is 44.1 Å². The van der Waals surface area contributed by atoms with Gasteiger partial charge >= 0.3 is 0 Å². The van der Waals surface area contributed by atoms with E-state index < -0.39 is 0 Å². The van der Waals surface area contributed by atoms with Crippen molar-refractivity contribution in [2.24, 2.45) is 0 Å². The van der Waals surface area contributed by atoms with Crippen molar-refractivity contribution in [2.45, 2.75) is 90.9 Å². The van der Waals surface area contributed by atoms with Gasteiger partial charge in [-0.05, 0) is 120 Å². The lowest BCUT2D eigenvalue weighted by Crippen LogP contribution is -2.18. The van der Waals surface area contributed by atoms with E-state index in [4.69, 9.17) is 4.42 Å². The summed E-state index contributed by atoms with van der Waals surface area (Å²) in [6.07, 6.45) is 0. The Morgan fingerprint density at radius 2 is 1.13 bits per heavy atom. The standard InChI is InChI=1S/C60H55NO/c1-57(2,3)38-33-46-54-52(62-56(46)50(34-38)58(4,5)6)32-31-45-53-48(60(9,10)55(45)54)23-16-24-51(53)61(40-29-30-44-43-20-13-14-22-47(43)59(7,8)49(44)35-40)39-27-25-37(26-28-39)42-21-15-18-36-17-11-12-19-41(36)42/h11-35H,1-10H3. The molecule has 0 unspecified atom stereocenters. The van der Waals surface area contributed by atoms with Gasteiger partial charge in [-0.25, -0.2) is 0 Å². The molecule has 0 N–H and O–H groups in total. The normalized spacial score (nSPS) is 14.9. The highest BCUT2D eigenvalue weighted by molar-refractivity contribution is 6.13. The van der Waals surface area contributed by atoms with E-state index in [-0.39, 0.29) is 21.7 Å². The van der Waals surface area contributed by atoms with Gasteiger partial charge in [0.2, 0.25) is 0 Å². The minimum atomic E-state index is -0.290. The van der Waals surface area contributed by atoms with Crippen LogP contribution in [0.1, 0.15) is 103 Å². The van der Waals surface area contributed by atoms with Crippen molar-refractivity contribution in [3.05, 3.63) is 185 Å². The monoisotopic (exact) mass is 805 g/mol. The highest BCUT2D eigenvalue weighted by atomic mass is 16.3. The quantitative estimate of drug-likeness (QED) is 0.176. The third kappa shape index (κ3) is 5.55. The molecule has 0 bridgehead atoms. The van der Waals surface area contributed by atoms with E-state index in [2.05, 4.69) is 226 Å². The lowest BCUT2D eigenvalue weighted by molar-refractivity contribution is 0.559. The topological polar surface area (TPSA) is 16.4 Å². The van der Waals surface area contributed by atoms with Crippen LogP contribution in [0.15, 0.2) is 156 Å². The van der Waals surface area contributed by atoms with Crippen LogP contribution < -0.4 is 4.90 Å². The fraction of sp³-hybridized carbons (Fsp3) is 0.233. The molecule has 0 fully saturated rings. The van der Waals surface area contributed by atoms with E-state index in [9.17, 15) is 0 Å². The third-order valence-corrected chi connectivity index (χ3v) is 14.3. The van der Waals surface area contributed by atoms with Gasteiger partial charge in [-0.3, -0.25) is 0 Å². The molecule has 62 heavy (non-hydrogen) atoms. The summed E-state index contributed by atoms with van der Waals surface area (Å²) in [6, 6.07) is 57.0. The van der Waals surface area contributed by atoms with Gasteiger partial charge in [-0.15, -0.1) is 0 Å². The summed E-state index contributed by atoms with van der Waals surface area (Å²) >= 11 is 0. The van der Waals surface area contributed by atoms with Crippen molar-refractivity contribution in [3.8, 4) is 33.4 Å². The van der Waals surface area contributed by atoms with E-state index in [1.165, 1.54) is 94.0 Å². The molecule has 2 nitrogen and oxygen atoms in total. The second kappa shape index (κ2) is 13.1. The summed E-state index contributed by atoms with van der Waals surface area (Å²) in [7, 11) is 0. The smallest absolute Gasteiger partial charge is 0.139 e. The predicted octanol–water partition coefficient (Wildman–Crippen LogP) is 17.1. The Kier molecular flexibility index (Phi) is 8.12. The minimum Gasteiger partial charge on any atom is -0.456 e. The van der Waals surface area contributed by atoms with Crippen molar-refractivity contribution in [2.75, 3.05) is 4.90 Å². The SMILES string of the molecule is CC(C)(C)c1cc(C(C)(C)C)c2oc3ccc4c(c3c2c1)C(C)(C)c1cccc(N(c2ccc(-c3cccc5ccccc35)cc2)c2ccc3c(c2)C(C)(C)c2ccccc2-3)c1-4. The first-order valence-corrected chi connectivity index (χ1v) is 22.3. The largest absolute Gasteiger partial charge is 0.456 e. The first-order valence-electron chi connectivity index (χ1n) is 22.3. The van der Waals surface area contributed by atoms with E-state index in [0.29, 0.717) is 0 Å². The van der Waals surface area contributed by atoms with Crippen molar-refractivity contribution in [3.63, 3.8) is 0 Å². The highest BCUT2D eigenvalue weighted by Gasteiger charge is 2.42. The van der Waals surface area contributed by atoms with E-state index in [1.54, 1.807) is 0 Å². The van der Waals surface area contributed by atoms with Crippen molar-refractivity contribution in [1.82, 2.24) is 0 Å². The molecule has 0 saturated heterocycles. The molecular weight excluding hydrogens is 751 g/mol. The molecule has 11 rings (SSSR count). The third-order valence-electron chi connectivity index (χ3n) is 14.3. The summed E-state index contributed by atoms with van der Waals surface area (Å²) in [4.78, 5) is 2.52. The second-order valence-corrected chi connectivity index (χ2v) is 21.0. The molecule has 0 aliphatic heterocycles. The van der Waals surface area contributed by atoms with E-state index in [1.807, 2.05) is 0 Å². The molecule has 8 aromatic carbocycles. The molecule has 306 valence electrons. The van der Waals surface area contributed by atoms with Gasteiger partial charge in [-0.1, -0.05) is 178 Å². The highest BCUT2D eigenvalue weighted by Crippen LogP contribution is 2.58. The lowest BCUT2D eigenvalue weighted by Gasteiger charge is -2.30. The van der Waals surface area contributed by atoms with Crippen LogP contribution in [0, 0.1) is 0 Å². The van der Waals surface area contributed by atoms with Crippen LogP contribution in [0.5, 0.6) is 0 Å². The van der Waals surface area contributed by atoms with E-state index >= 15 is 0 Å². The second-order valence-electron chi connectivity index (χ2n) is 21.0. The summed E-state index contributed by atoms with van der Waals surface area (Å²) < 4.78 is 6.96. The Morgan fingerprint density at radius 3 is 1.90 bits per heavy atom. The fourth-order valence-electron chi connectivity index (χ4n) is 11.0. The zero-order valence-electron chi connectivity index (χ0n) is 37.8. The first kappa shape index (κ1) is 38.5. The molecule has 2 aliphatic carbocycles. The van der Waals surface area contributed by atoms with Gasteiger partial charge in [0.05, 0.1) is 5.69 Å². The first-order chi connectivity index (χ1) is 29.5. The Bertz CT molecular complexity index is 3300. The molecule has 0 amide bonds. The van der Waals surface area contributed by atoms with Crippen molar-refractivity contribution in [1.29, 1.82) is 0 Å².